The average molecular weight is 256 g/mol. The molecule has 4 nitrogen and oxygen atoms in total. The standard InChI is InChI=1S/C15H16N2O2/c1-3-13-10-12(8-9-16-13)11-4-6-14(7-5-11)17-15(18)19-2/h4-10H,3H2,1-2H3,(H,17,18). The summed E-state index contributed by atoms with van der Waals surface area (Å²) in [5.74, 6) is 0. The van der Waals surface area contributed by atoms with Crippen molar-refractivity contribution in [2.45, 2.75) is 13.3 Å². The van der Waals surface area contributed by atoms with Gasteiger partial charge in [-0.1, -0.05) is 19.1 Å². The minimum Gasteiger partial charge on any atom is -0.453 e. The molecule has 0 saturated carbocycles. The van der Waals surface area contributed by atoms with Crippen molar-refractivity contribution in [2.24, 2.45) is 0 Å². The molecule has 1 aromatic carbocycles. The largest absolute Gasteiger partial charge is 0.453 e. The summed E-state index contributed by atoms with van der Waals surface area (Å²) < 4.78 is 4.54. The molecule has 2 rings (SSSR count). The Morgan fingerprint density at radius 1 is 1.21 bits per heavy atom. The number of ether oxygens (including phenoxy) is 1. The number of hydrogen-bond donors (Lipinski definition) is 1. The second-order valence-corrected chi connectivity index (χ2v) is 4.08. The van der Waals surface area contributed by atoms with E-state index in [0.29, 0.717) is 5.69 Å². The highest BCUT2D eigenvalue weighted by molar-refractivity contribution is 5.85. The summed E-state index contributed by atoms with van der Waals surface area (Å²) in [7, 11) is 1.34. The number of carbonyl (C=O) groups is 1. The van der Waals surface area contributed by atoms with E-state index in [4.69, 9.17) is 0 Å². The molecule has 2 aromatic rings. The molecule has 0 saturated heterocycles. The van der Waals surface area contributed by atoms with Gasteiger partial charge in [0.2, 0.25) is 0 Å². The van der Waals surface area contributed by atoms with E-state index in [1.165, 1.54) is 7.11 Å². The number of hydrogen-bond acceptors (Lipinski definition) is 3. The second-order valence-electron chi connectivity index (χ2n) is 4.08. The van der Waals surface area contributed by atoms with Crippen LogP contribution in [0, 0.1) is 0 Å². The molecule has 19 heavy (non-hydrogen) atoms. The molecular formula is C15H16N2O2. The number of anilines is 1. The van der Waals surface area contributed by atoms with Gasteiger partial charge < -0.3 is 4.74 Å². The fourth-order valence-corrected chi connectivity index (χ4v) is 1.77. The molecule has 1 aromatic heterocycles. The molecule has 0 spiro atoms. The summed E-state index contributed by atoms with van der Waals surface area (Å²) in [5.41, 5.74) is 3.98. The molecule has 4 heteroatoms. The minimum absolute atomic E-state index is 0.468. The molecule has 0 atom stereocenters. The van der Waals surface area contributed by atoms with Crippen LogP contribution in [0.2, 0.25) is 0 Å². The smallest absolute Gasteiger partial charge is 0.411 e. The summed E-state index contributed by atoms with van der Waals surface area (Å²) in [4.78, 5) is 15.4. The van der Waals surface area contributed by atoms with Crippen molar-refractivity contribution in [3.63, 3.8) is 0 Å². The van der Waals surface area contributed by atoms with Crippen molar-refractivity contribution in [3.05, 3.63) is 48.3 Å². The van der Waals surface area contributed by atoms with E-state index < -0.39 is 6.09 Å². The molecule has 0 aliphatic rings. The number of carbonyl (C=O) groups excluding carboxylic acids is 1. The summed E-state index contributed by atoms with van der Waals surface area (Å²) >= 11 is 0. The van der Waals surface area contributed by atoms with Crippen molar-refractivity contribution in [3.8, 4) is 11.1 Å². The van der Waals surface area contributed by atoms with Crippen LogP contribution in [0.25, 0.3) is 11.1 Å². The third-order valence-electron chi connectivity index (χ3n) is 2.83. The van der Waals surface area contributed by atoms with Crippen LogP contribution in [-0.2, 0) is 11.2 Å². The Hall–Kier alpha value is -2.36. The molecule has 98 valence electrons. The predicted octanol–water partition coefficient (Wildman–Crippen LogP) is 3.49. The van der Waals surface area contributed by atoms with E-state index in [-0.39, 0.29) is 0 Å². The number of benzene rings is 1. The molecule has 0 unspecified atom stereocenters. The van der Waals surface area contributed by atoms with E-state index in [1.54, 1.807) is 0 Å². The summed E-state index contributed by atoms with van der Waals surface area (Å²) in [6.45, 7) is 2.08. The van der Waals surface area contributed by atoms with Crippen LogP contribution in [0.1, 0.15) is 12.6 Å². The SMILES string of the molecule is CCc1cc(-c2ccc(NC(=O)OC)cc2)ccn1. The molecular weight excluding hydrogens is 240 g/mol. The number of nitrogens with zero attached hydrogens (tertiary/aromatic N) is 1. The van der Waals surface area contributed by atoms with Crippen molar-refractivity contribution in [1.82, 2.24) is 4.98 Å². The van der Waals surface area contributed by atoms with Gasteiger partial charge in [0.1, 0.15) is 0 Å². The third-order valence-corrected chi connectivity index (χ3v) is 2.83. The molecule has 0 aliphatic carbocycles. The quantitative estimate of drug-likeness (QED) is 0.914. The van der Waals surface area contributed by atoms with Gasteiger partial charge in [-0.25, -0.2) is 4.79 Å². The number of nitrogens with one attached hydrogen (secondary N) is 1. The molecule has 0 aliphatic heterocycles. The first-order valence-electron chi connectivity index (χ1n) is 6.13. The van der Waals surface area contributed by atoms with Crippen molar-refractivity contribution >= 4 is 11.8 Å². The van der Waals surface area contributed by atoms with Crippen molar-refractivity contribution < 1.29 is 9.53 Å². The molecule has 1 amide bonds. The van der Waals surface area contributed by atoms with Gasteiger partial charge in [-0.3, -0.25) is 10.3 Å². The highest BCUT2D eigenvalue weighted by atomic mass is 16.5. The Balaban J connectivity index is 2.19. The maximum atomic E-state index is 11.1. The summed E-state index contributed by atoms with van der Waals surface area (Å²) in [6, 6.07) is 11.7. The maximum Gasteiger partial charge on any atom is 0.411 e. The topological polar surface area (TPSA) is 51.2 Å². The van der Waals surface area contributed by atoms with Gasteiger partial charge in [0.05, 0.1) is 7.11 Å². The summed E-state index contributed by atoms with van der Waals surface area (Å²) in [5, 5.41) is 2.62. The van der Waals surface area contributed by atoms with Gasteiger partial charge in [-0.15, -0.1) is 0 Å². The second kappa shape index (κ2) is 6.00. The number of aromatic nitrogens is 1. The van der Waals surface area contributed by atoms with Gasteiger partial charge in [-0.2, -0.15) is 0 Å². The van der Waals surface area contributed by atoms with Gasteiger partial charge >= 0.3 is 6.09 Å². The Bertz CT molecular complexity index is 565. The zero-order valence-electron chi connectivity index (χ0n) is 11.0. The normalized spacial score (nSPS) is 10.0. The zero-order valence-corrected chi connectivity index (χ0v) is 11.0. The highest BCUT2D eigenvalue weighted by Crippen LogP contribution is 2.21. The van der Waals surface area contributed by atoms with Gasteiger partial charge in [0, 0.05) is 17.6 Å². The van der Waals surface area contributed by atoms with Crippen LogP contribution < -0.4 is 5.32 Å². The number of pyridine rings is 1. The number of methoxy groups -OCH3 is 1. The first kappa shape index (κ1) is 13.1. The highest BCUT2D eigenvalue weighted by Gasteiger charge is 2.02. The Morgan fingerprint density at radius 2 is 1.95 bits per heavy atom. The van der Waals surface area contributed by atoms with Gasteiger partial charge in [0.15, 0.2) is 0 Å². The lowest BCUT2D eigenvalue weighted by Crippen LogP contribution is -2.10. The number of amides is 1. The molecule has 0 fully saturated rings. The fourth-order valence-electron chi connectivity index (χ4n) is 1.77. The maximum absolute atomic E-state index is 11.1. The zero-order chi connectivity index (χ0) is 13.7. The third kappa shape index (κ3) is 3.31. The first-order valence-corrected chi connectivity index (χ1v) is 6.13. The lowest BCUT2D eigenvalue weighted by molar-refractivity contribution is 0.187. The molecule has 1 N–H and O–H groups in total. The van der Waals surface area contributed by atoms with E-state index in [9.17, 15) is 4.79 Å². The number of aryl methyl sites for hydroxylation is 1. The lowest BCUT2D eigenvalue weighted by atomic mass is 10.1. The molecule has 0 radical (unpaired) electrons. The van der Waals surface area contributed by atoms with Crippen LogP contribution >= 0.6 is 0 Å². The Kier molecular flexibility index (Phi) is 4.13. The summed E-state index contributed by atoms with van der Waals surface area (Å²) in [6.07, 6.45) is 2.26. The number of rotatable bonds is 3. The minimum atomic E-state index is -0.468. The monoisotopic (exact) mass is 256 g/mol. The van der Waals surface area contributed by atoms with Crippen LogP contribution in [-0.4, -0.2) is 18.2 Å². The van der Waals surface area contributed by atoms with Gasteiger partial charge in [-0.05, 0) is 41.8 Å². The van der Waals surface area contributed by atoms with E-state index in [1.807, 2.05) is 36.5 Å². The van der Waals surface area contributed by atoms with Crippen LogP contribution in [0.3, 0.4) is 0 Å². The molecule has 1 heterocycles. The van der Waals surface area contributed by atoms with E-state index in [0.717, 1.165) is 23.2 Å². The first-order chi connectivity index (χ1) is 9.22. The van der Waals surface area contributed by atoms with Crippen molar-refractivity contribution in [2.75, 3.05) is 12.4 Å². The van der Waals surface area contributed by atoms with Crippen LogP contribution in [0.4, 0.5) is 10.5 Å². The van der Waals surface area contributed by atoms with E-state index in [2.05, 4.69) is 28.0 Å². The average Bonchev–Trinajstić information content (AvgIpc) is 2.48. The van der Waals surface area contributed by atoms with Crippen LogP contribution in [0.15, 0.2) is 42.6 Å². The predicted molar refractivity (Wildman–Crippen MR) is 75.1 cm³/mol. The van der Waals surface area contributed by atoms with Gasteiger partial charge in [0.25, 0.3) is 0 Å². The molecule has 0 bridgehead atoms. The Labute approximate surface area is 112 Å². The Morgan fingerprint density at radius 3 is 2.58 bits per heavy atom. The lowest BCUT2D eigenvalue weighted by Gasteiger charge is -2.06. The van der Waals surface area contributed by atoms with Crippen molar-refractivity contribution in [1.29, 1.82) is 0 Å². The fraction of sp³-hybridized carbons (Fsp3) is 0.200. The van der Waals surface area contributed by atoms with E-state index >= 15 is 0 Å². The van der Waals surface area contributed by atoms with Crippen LogP contribution in [0.5, 0.6) is 0 Å².